The number of rotatable bonds is 6. The average Bonchev–Trinajstić information content (AvgIpc) is 3.17. The molecule has 0 saturated carbocycles. The number of amides is 1. The van der Waals surface area contributed by atoms with Gasteiger partial charge in [-0.05, 0) is 48.9 Å². The van der Waals surface area contributed by atoms with Gasteiger partial charge in [-0.3, -0.25) is 4.79 Å². The first-order valence-corrected chi connectivity index (χ1v) is 9.13. The van der Waals surface area contributed by atoms with Crippen LogP contribution in [0.1, 0.15) is 23.0 Å². The van der Waals surface area contributed by atoms with E-state index in [-0.39, 0.29) is 11.7 Å². The van der Waals surface area contributed by atoms with Crippen LogP contribution in [-0.4, -0.2) is 29.4 Å². The smallest absolute Gasteiger partial charge is 0.273 e. The molecule has 0 radical (unpaired) electrons. The van der Waals surface area contributed by atoms with Crippen molar-refractivity contribution in [3.8, 4) is 16.3 Å². The summed E-state index contributed by atoms with van der Waals surface area (Å²) in [6.45, 7) is 2.94. The van der Waals surface area contributed by atoms with Crippen molar-refractivity contribution < 1.29 is 13.9 Å². The molecule has 1 aromatic heterocycles. The third-order valence-corrected chi connectivity index (χ3v) is 4.86. The predicted molar refractivity (Wildman–Crippen MR) is 101 cm³/mol. The van der Waals surface area contributed by atoms with E-state index in [0.29, 0.717) is 18.8 Å². The molecule has 26 heavy (non-hydrogen) atoms. The quantitative estimate of drug-likeness (QED) is 0.636. The van der Waals surface area contributed by atoms with Gasteiger partial charge in [-0.1, -0.05) is 12.1 Å². The van der Waals surface area contributed by atoms with Crippen LogP contribution in [0, 0.1) is 5.82 Å². The molecule has 0 saturated heterocycles. The second kappa shape index (κ2) is 8.10. The molecule has 3 aromatic rings. The van der Waals surface area contributed by atoms with Crippen molar-refractivity contribution in [1.29, 1.82) is 0 Å². The van der Waals surface area contributed by atoms with Crippen LogP contribution in [0.4, 0.5) is 4.39 Å². The molecule has 0 N–H and O–H groups in total. The minimum atomic E-state index is -0.260. The Morgan fingerprint density at radius 3 is 2.50 bits per heavy atom. The van der Waals surface area contributed by atoms with Gasteiger partial charge in [0.1, 0.15) is 28.9 Å². The summed E-state index contributed by atoms with van der Waals surface area (Å²) in [5.41, 5.74) is 2.30. The summed E-state index contributed by atoms with van der Waals surface area (Å²) in [5.74, 6) is 0.385. The molecule has 0 aliphatic heterocycles. The molecule has 0 aliphatic carbocycles. The largest absolute Gasteiger partial charge is 0.489 e. The number of aromatic nitrogens is 1. The molecule has 0 spiro atoms. The Hall–Kier alpha value is -2.73. The summed E-state index contributed by atoms with van der Waals surface area (Å²) >= 11 is 1.44. The third kappa shape index (κ3) is 4.26. The third-order valence-electron chi connectivity index (χ3n) is 3.96. The lowest BCUT2D eigenvalue weighted by molar-refractivity contribution is 0.0797. The monoisotopic (exact) mass is 370 g/mol. The van der Waals surface area contributed by atoms with Crippen molar-refractivity contribution >= 4 is 17.2 Å². The fourth-order valence-corrected chi connectivity index (χ4v) is 3.08. The van der Waals surface area contributed by atoms with Crippen LogP contribution in [0.25, 0.3) is 10.6 Å². The normalized spacial score (nSPS) is 10.6. The van der Waals surface area contributed by atoms with E-state index in [1.54, 1.807) is 29.5 Å². The molecule has 0 unspecified atom stereocenters. The molecular weight excluding hydrogens is 351 g/mol. The zero-order valence-corrected chi connectivity index (χ0v) is 15.4. The van der Waals surface area contributed by atoms with E-state index in [1.807, 2.05) is 31.2 Å². The summed E-state index contributed by atoms with van der Waals surface area (Å²) < 4.78 is 18.6. The molecule has 1 heterocycles. The van der Waals surface area contributed by atoms with E-state index >= 15 is 0 Å². The lowest BCUT2D eigenvalue weighted by Gasteiger charge is -2.11. The van der Waals surface area contributed by atoms with Crippen LogP contribution in [0.2, 0.25) is 0 Å². The zero-order valence-electron chi connectivity index (χ0n) is 14.6. The van der Waals surface area contributed by atoms with E-state index in [9.17, 15) is 9.18 Å². The Balaban J connectivity index is 1.65. The van der Waals surface area contributed by atoms with Gasteiger partial charge in [-0.25, -0.2) is 9.37 Å². The maximum absolute atomic E-state index is 12.9. The molecular formula is C20H19FN2O2S. The maximum Gasteiger partial charge on any atom is 0.273 e. The van der Waals surface area contributed by atoms with E-state index in [2.05, 4.69) is 4.98 Å². The summed E-state index contributed by atoms with van der Waals surface area (Å²) in [4.78, 5) is 18.2. The highest BCUT2D eigenvalue weighted by Gasteiger charge is 2.14. The minimum absolute atomic E-state index is 0.0748. The molecule has 4 nitrogen and oxygen atoms in total. The lowest BCUT2D eigenvalue weighted by atomic mass is 10.2. The summed E-state index contributed by atoms with van der Waals surface area (Å²) in [6.07, 6.45) is 0. The van der Waals surface area contributed by atoms with Crippen LogP contribution in [0.15, 0.2) is 53.9 Å². The van der Waals surface area contributed by atoms with Crippen molar-refractivity contribution in [1.82, 2.24) is 9.88 Å². The topological polar surface area (TPSA) is 42.4 Å². The van der Waals surface area contributed by atoms with Crippen molar-refractivity contribution in [3.05, 3.63) is 71.0 Å². The van der Waals surface area contributed by atoms with Crippen molar-refractivity contribution in [3.63, 3.8) is 0 Å². The lowest BCUT2D eigenvalue weighted by Crippen LogP contribution is -2.26. The highest BCUT2D eigenvalue weighted by molar-refractivity contribution is 7.13. The van der Waals surface area contributed by atoms with Gasteiger partial charge in [0.2, 0.25) is 0 Å². The van der Waals surface area contributed by atoms with Gasteiger partial charge in [0.15, 0.2) is 0 Å². The second-order valence-electron chi connectivity index (χ2n) is 5.80. The van der Waals surface area contributed by atoms with Crippen LogP contribution in [-0.2, 0) is 6.61 Å². The van der Waals surface area contributed by atoms with E-state index in [0.717, 1.165) is 21.9 Å². The molecule has 3 rings (SSSR count). The predicted octanol–water partition coefficient (Wildman–Crippen LogP) is 4.62. The molecule has 6 heteroatoms. The van der Waals surface area contributed by atoms with E-state index in [1.165, 1.54) is 23.5 Å². The molecule has 0 atom stereocenters. The van der Waals surface area contributed by atoms with Crippen molar-refractivity contribution in [2.75, 3.05) is 13.6 Å². The number of ether oxygens (including phenoxy) is 1. The van der Waals surface area contributed by atoms with Gasteiger partial charge in [0.05, 0.1) is 0 Å². The van der Waals surface area contributed by atoms with Crippen molar-refractivity contribution in [2.45, 2.75) is 13.5 Å². The number of nitrogens with zero attached hydrogens (tertiary/aromatic N) is 2. The first-order valence-electron chi connectivity index (χ1n) is 8.25. The highest BCUT2D eigenvalue weighted by Crippen LogP contribution is 2.26. The van der Waals surface area contributed by atoms with E-state index < -0.39 is 0 Å². The number of carbonyl (C=O) groups excluding carboxylic acids is 1. The molecule has 0 aliphatic rings. The van der Waals surface area contributed by atoms with Crippen LogP contribution < -0.4 is 4.74 Å². The number of halogens is 1. The Morgan fingerprint density at radius 2 is 1.85 bits per heavy atom. The van der Waals surface area contributed by atoms with Crippen LogP contribution in [0.3, 0.4) is 0 Å². The summed E-state index contributed by atoms with van der Waals surface area (Å²) in [7, 11) is 1.76. The highest BCUT2D eigenvalue weighted by atomic mass is 32.1. The zero-order chi connectivity index (χ0) is 18.5. The molecule has 0 bridgehead atoms. The fraction of sp³-hybridized carbons (Fsp3) is 0.200. The average molecular weight is 370 g/mol. The number of hydrogen-bond acceptors (Lipinski definition) is 4. The molecule has 1 amide bonds. The summed E-state index contributed by atoms with van der Waals surface area (Å²) in [6, 6.07) is 13.8. The van der Waals surface area contributed by atoms with Crippen LogP contribution >= 0.6 is 11.3 Å². The number of hydrogen-bond donors (Lipinski definition) is 0. The minimum Gasteiger partial charge on any atom is -0.489 e. The van der Waals surface area contributed by atoms with Crippen LogP contribution in [0.5, 0.6) is 5.75 Å². The van der Waals surface area contributed by atoms with Gasteiger partial charge >= 0.3 is 0 Å². The number of thiazole rings is 1. The molecule has 134 valence electrons. The first kappa shape index (κ1) is 18.1. The van der Waals surface area contributed by atoms with Crippen molar-refractivity contribution in [2.24, 2.45) is 0 Å². The van der Waals surface area contributed by atoms with Gasteiger partial charge in [-0.15, -0.1) is 11.3 Å². The second-order valence-corrected chi connectivity index (χ2v) is 6.65. The number of benzene rings is 2. The van der Waals surface area contributed by atoms with E-state index in [4.69, 9.17) is 4.74 Å². The Morgan fingerprint density at radius 1 is 1.15 bits per heavy atom. The summed E-state index contributed by atoms with van der Waals surface area (Å²) in [5, 5.41) is 2.57. The standard InChI is InChI=1S/C20H19FN2O2S/c1-3-23(2)20(24)18-13-26-19(22-18)15-6-10-17(11-7-15)25-12-14-4-8-16(21)9-5-14/h4-11,13H,3,12H2,1-2H3. The number of carbonyl (C=O) groups is 1. The fourth-order valence-electron chi connectivity index (χ4n) is 2.28. The maximum atomic E-state index is 12.9. The Bertz CT molecular complexity index is 876. The molecule has 0 fully saturated rings. The van der Waals surface area contributed by atoms with Gasteiger partial charge in [-0.2, -0.15) is 0 Å². The Labute approximate surface area is 155 Å². The SMILES string of the molecule is CCN(C)C(=O)c1csc(-c2ccc(OCc3ccc(F)cc3)cc2)n1. The van der Waals surface area contributed by atoms with Gasteiger partial charge < -0.3 is 9.64 Å². The Kier molecular flexibility index (Phi) is 5.63. The molecule has 2 aromatic carbocycles. The van der Waals surface area contributed by atoms with Gasteiger partial charge in [0, 0.05) is 24.5 Å². The van der Waals surface area contributed by atoms with Gasteiger partial charge in [0.25, 0.3) is 5.91 Å². The first-order chi connectivity index (χ1) is 12.6.